The van der Waals surface area contributed by atoms with E-state index in [1.165, 1.54) is 0 Å². The number of carbonyl (C=O) groups excluding carboxylic acids is 1. The second kappa shape index (κ2) is 5.59. The molecule has 0 aromatic heterocycles. The number of hydrogen-bond acceptors (Lipinski definition) is 3. The molecular weight excluding hydrogens is 252 g/mol. The van der Waals surface area contributed by atoms with Crippen molar-refractivity contribution >= 4 is 23.2 Å². The molecule has 0 saturated carbocycles. The molecule has 1 aliphatic rings. The Balaban J connectivity index is 2.34. The predicted octanol–water partition coefficient (Wildman–Crippen LogP) is 1.42. The largest absolute Gasteiger partial charge is 0.394 e. The van der Waals surface area contributed by atoms with Gasteiger partial charge in [-0.2, -0.15) is 0 Å². The van der Waals surface area contributed by atoms with Gasteiger partial charge in [-0.25, -0.2) is 0 Å². The number of rotatable bonds is 2. The Hall–Kier alpha value is -1.26. The summed E-state index contributed by atoms with van der Waals surface area (Å²) in [6.45, 7) is 2.43. The van der Waals surface area contributed by atoms with Crippen molar-refractivity contribution in [2.45, 2.75) is 25.4 Å². The molecule has 1 aromatic rings. The van der Waals surface area contributed by atoms with Crippen LogP contribution in [0, 0.1) is 0 Å². The van der Waals surface area contributed by atoms with Crippen LogP contribution in [0.3, 0.4) is 0 Å². The van der Waals surface area contributed by atoms with Gasteiger partial charge >= 0.3 is 0 Å². The molecular formula is C13H17ClN2O2. The average molecular weight is 269 g/mol. The van der Waals surface area contributed by atoms with Gasteiger partial charge in [0.15, 0.2) is 0 Å². The number of benzene rings is 1. The second-order valence-corrected chi connectivity index (χ2v) is 4.95. The number of nitrogens with zero attached hydrogens (tertiary/aromatic N) is 1. The molecule has 5 heteroatoms. The third-order valence-corrected chi connectivity index (χ3v) is 3.52. The molecule has 2 N–H and O–H groups in total. The van der Waals surface area contributed by atoms with Crippen molar-refractivity contribution in [2.24, 2.45) is 0 Å². The fourth-order valence-electron chi connectivity index (χ4n) is 2.20. The summed E-state index contributed by atoms with van der Waals surface area (Å²) in [5.41, 5.74) is 0.794. The van der Waals surface area contributed by atoms with E-state index in [9.17, 15) is 9.90 Å². The standard InChI is InChI=1S/C13H17ClN2O2/c1-9-6-7-16(12(8-17)13(18)15-9)11-5-3-2-4-10(11)14/h2-5,9,12,17H,6-8H2,1H3,(H,15,18). The van der Waals surface area contributed by atoms with Crippen molar-refractivity contribution in [2.75, 3.05) is 18.1 Å². The summed E-state index contributed by atoms with van der Waals surface area (Å²) in [7, 11) is 0. The molecule has 98 valence electrons. The molecule has 0 radical (unpaired) electrons. The van der Waals surface area contributed by atoms with E-state index in [-0.39, 0.29) is 18.6 Å². The first-order valence-corrected chi connectivity index (χ1v) is 6.43. The lowest BCUT2D eigenvalue weighted by atomic mass is 10.2. The normalized spacial score (nSPS) is 24.6. The monoisotopic (exact) mass is 268 g/mol. The molecule has 2 atom stereocenters. The number of amides is 1. The Morgan fingerprint density at radius 1 is 1.50 bits per heavy atom. The Labute approximate surface area is 112 Å². The Bertz CT molecular complexity index is 439. The van der Waals surface area contributed by atoms with Crippen LogP contribution in [0.2, 0.25) is 5.02 Å². The maximum Gasteiger partial charge on any atom is 0.245 e. The van der Waals surface area contributed by atoms with Gasteiger partial charge in [0.2, 0.25) is 5.91 Å². The van der Waals surface area contributed by atoms with Gasteiger partial charge in [-0.05, 0) is 25.5 Å². The number of hydrogen-bond donors (Lipinski definition) is 2. The molecule has 0 spiro atoms. The van der Waals surface area contributed by atoms with Crippen molar-refractivity contribution in [3.63, 3.8) is 0 Å². The van der Waals surface area contributed by atoms with E-state index >= 15 is 0 Å². The van der Waals surface area contributed by atoms with Gasteiger partial charge in [0.05, 0.1) is 17.3 Å². The number of aliphatic hydroxyl groups is 1. The molecule has 1 amide bonds. The number of nitrogens with one attached hydrogen (secondary N) is 1. The number of carbonyl (C=O) groups is 1. The predicted molar refractivity (Wildman–Crippen MR) is 71.9 cm³/mol. The molecule has 4 nitrogen and oxygen atoms in total. The zero-order valence-corrected chi connectivity index (χ0v) is 11.0. The highest BCUT2D eigenvalue weighted by Crippen LogP contribution is 2.28. The molecule has 1 fully saturated rings. The molecule has 1 heterocycles. The van der Waals surface area contributed by atoms with E-state index < -0.39 is 6.04 Å². The molecule has 0 bridgehead atoms. The van der Waals surface area contributed by atoms with Crippen LogP contribution in [0.15, 0.2) is 24.3 Å². The van der Waals surface area contributed by atoms with Crippen LogP contribution in [-0.2, 0) is 4.79 Å². The molecule has 0 aliphatic carbocycles. The summed E-state index contributed by atoms with van der Waals surface area (Å²) in [6, 6.07) is 6.92. The van der Waals surface area contributed by atoms with Gasteiger partial charge in [-0.15, -0.1) is 0 Å². The van der Waals surface area contributed by atoms with Crippen LogP contribution in [0.5, 0.6) is 0 Å². The van der Waals surface area contributed by atoms with Gasteiger partial charge in [-0.3, -0.25) is 4.79 Å². The third-order valence-electron chi connectivity index (χ3n) is 3.21. The summed E-state index contributed by atoms with van der Waals surface area (Å²) >= 11 is 6.16. The molecule has 2 rings (SSSR count). The van der Waals surface area contributed by atoms with E-state index in [0.29, 0.717) is 11.6 Å². The third kappa shape index (κ3) is 2.60. The lowest BCUT2D eigenvalue weighted by molar-refractivity contribution is -0.123. The smallest absolute Gasteiger partial charge is 0.245 e. The molecule has 1 aromatic carbocycles. The number of anilines is 1. The van der Waals surface area contributed by atoms with Crippen LogP contribution in [0.25, 0.3) is 0 Å². The minimum atomic E-state index is -0.574. The zero-order chi connectivity index (χ0) is 13.1. The first-order chi connectivity index (χ1) is 8.63. The lowest BCUT2D eigenvalue weighted by Gasteiger charge is -2.29. The molecule has 2 unspecified atom stereocenters. The maximum atomic E-state index is 12.0. The maximum absolute atomic E-state index is 12.0. The first-order valence-electron chi connectivity index (χ1n) is 6.06. The Morgan fingerprint density at radius 3 is 2.89 bits per heavy atom. The number of aliphatic hydroxyl groups excluding tert-OH is 1. The summed E-state index contributed by atoms with van der Waals surface area (Å²) in [6.07, 6.45) is 0.827. The zero-order valence-electron chi connectivity index (χ0n) is 10.3. The number of para-hydroxylation sites is 1. The van der Waals surface area contributed by atoms with Gasteiger partial charge in [0.1, 0.15) is 6.04 Å². The van der Waals surface area contributed by atoms with Gasteiger partial charge in [-0.1, -0.05) is 23.7 Å². The summed E-state index contributed by atoms with van der Waals surface area (Å²) in [5, 5.41) is 12.9. The minimum absolute atomic E-state index is 0.110. The SMILES string of the molecule is CC1CCN(c2ccccc2Cl)C(CO)C(=O)N1. The summed E-state index contributed by atoms with van der Waals surface area (Å²) in [5.74, 6) is -0.151. The van der Waals surface area contributed by atoms with Crippen LogP contribution < -0.4 is 10.2 Å². The van der Waals surface area contributed by atoms with E-state index in [4.69, 9.17) is 11.6 Å². The highest BCUT2D eigenvalue weighted by Gasteiger charge is 2.30. The lowest BCUT2D eigenvalue weighted by Crippen LogP contribution is -2.47. The van der Waals surface area contributed by atoms with Gasteiger partial charge in [0.25, 0.3) is 0 Å². The highest BCUT2D eigenvalue weighted by molar-refractivity contribution is 6.33. The summed E-state index contributed by atoms with van der Waals surface area (Å²) < 4.78 is 0. The quantitative estimate of drug-likeness (QED) is 0.853. The Morgan fingerprint density at radius 2 is 2.22 bits per heavy atom. The van der Waals surface area contributed by atoms with Crippen LogP contribution >= 0.6 is 11.6 Å². The van der Waals surface area contributed by atoms with Crippen LogP contribution in [0.1, 0.15) is 13.3 Å². The minimum Gasteiger partial charge on any atom is -0.394 e. The van der Waals surface area contributed by atoms with E-state index in [1.807, 2.05) is 30.0 Å². The van der Waals surface area contributed by atoms with Crippen molar-refractivity contribution in [3.05, 3.63) is 29.3 Å². The van der Waals surface area contributed by atoms with Gasteiger partial charge in [0, 0.05) is 12.6 Å². The number of halogens is 1. The molecule has 1 saturated heterocycles. The van der Waals surface area contributed by atoms with Gasteiger partial charge < -0.3 is 15.3 Å². The second-order valence-electron chi connectivity index (χ2n) is 4.54. The Kier molecular flexibility index (Phi) is 4.09. The van der Waals surface area contributed by atoms with Crippen molar-refractivity contribution in [3.8, 4) is 0 Å². The van der Waals surface area contributed by atoms with Crippen LogP contribution in [-0.4, -0.2) is 36.2 Å². The van der Waals surface area contributed by atoms with Crippen LogP contribution in [0.4, 0.5) is 5.69 Å². The first kappa shape index (κ1) is 13.2. The fraction of sp³-hybridized carbons (Fsp3) is 0.462. The highest BCUT2D eigenvalue weighted by atomic mass is 35.5. The molecule has 18 heavy (non-hydrogen) atoms. The topological polar surface area (TPSA) is 52.6 Å². The van der Waals surface area contributed by atoms with Crippen molar-refractivity contribution in [1.82, 2.24) is 5.32 Å². The van der Waals surface area contributed by atoms with E-state index in [2.05, 4.69) is 5.32 Å². The van der Waals surface area contributed by atoms with Crippen molar-refractivity contribution < 1.29 is 9.90 Å². The van der Waals surface area contributed by atoms with E-state index in [0.717, 1.165) is 12.1 Å². The van der Waals surface area contributed by atoms with E-state index in [1.54, 1.807) is 6.07 Å². The average Bonchev–Trinajstić information content (AvgIpc) is 2.48. The fourth-order valence-corrected chi connectivity index (χ4v) is 2.44. The van der Waals surface area contributed by atoms with Crippen molar-refractivity contribution in [1.29, 1.82) is 0 Å². The molecule has 1 aliphatic heterocycles. The summed E-state index contributed by atoms with van der Waals surface area (Å²) in [4.78, 5) is 13.9.